The Labute approximate surface area is 219 Å². The van der Waals surface area contributed by atoms with Crippen LogP contribution < -0.4 is 19.5 Å². The molecule has 1 N–H and O–H groups in total. The number of benzene rings is 2. The van der Waals surface area contributed by atoms with Gasteiger partial charge in [0.05, 0.1) is 41.7 Å². The van der Waals surface area contributed by atoms with Gasteiger partial charge in [0, 0.05) is 5.56 Å². The van der Waals surface area contributed by atoms with Crippen LogP contribution >= 0.6 is 11.3 Å². The fourth-order valence-electron chi connectivity index (χ4n) is 4.05. The molecule has 6 rings (SSSR count). The summed E-state index contributed by atoms with van der Waals surface area (Å²) in [7, 11) is 1.56. The molecule has 0 saturated carbocycles. The van der Waals surface area contributed by atoms with E-state index in [0.717, 1.165) is 43.5 Å². The zero-order chi connectivity index (χ0) is 26.2. The lowest BCUT2D eigenvalue weighted by Crippen LogP contribution is -2.35. The van der Waals surface area contributed by atoms with Crippen molar-refractivity contribution in [3.63, 3.8) is 0 Å². The van der Waals surface area contributed by atoms with Gasteiger partial charge in [-0.25, -0.2) is 24.7 Å². The molecule has 4 heterocycles. The van der Waals surface area contributed by atoms with Gasteiger partial charge in [-0.3, -0.25) is 5.32 Å². The van der Waals surface area contributed by atoms with Crippen molar-refractivity contribution in [1.82, 2.24) is 19.9 Å². The third-order valence-corrected chi connectivity index (χ3v) is 6.87. The SMILES string of the molecule is COc1cnc2c(-c3nc4ccc5c(c4s3)OC[C@H](COC(=O)Nc3ccc(F)nc3)O5)cc(C)cc2n1. The molecule has 0 saturated heterocycles. The van der Waals surface area contributed by atoms with Crippen molar-refractivity contribution in [3.05, 3.63) is 60.3 Å². The minimum Gasteiger partial charge on any atom is -0.484 e. The van der Waals surface area contributed by atoms with Crippen molar-refractivity contribution in [2.75, 3.05) is 25.6 Å². The number of fused-ring (bicyclic) bond motifs is 4. The molecule has 0 aliphatic carbocycles. The van der Waals surface area contributed by atoms with Crippen LogP contribution in [0.15, 0.2) is 48.8 Å². The molecule has 0 unspecified atom stereocenters. The molecule has 12 heteroatoms. The fourth-order valence-corrected chi connectivity index (χ4v) is 5.12. The number of carbonyl (C=O) groups excluding carboxylic acids is 1. The number of nitrogens with zero attached hydrogens (tertiary/aromatic N) is 4. The van der Waals surface area contributed by atoms with Crippen LogP contribution in [0.3, 0.4) is 0 Å². The van der Waals surface area contributed by atoms with E-state index < -0.39 is 18.1 Å². The number of hydrogen-bond acceptors (Lipinski definition) is 10. The van der Waals surface area contributed by atoms with Crippen molar-refractivity contribution >= 4 is 44.4 Å². The third kappa shape index (κ3) is 4.61. The van der Waals surface area contributed by atoms with E-state index >= 15 is 0 Å². The average Bonchev–Trinajstić information content (AvgIpc) is 3.37. The summed E-state index contributed by atoms with van der Waals surface area (Å²) in [5.74, 6) is 0.934. The van der Waals surface area contributed by atoms with Gasteiger partial charge in [0.1, 0.15) is 22.9 Å². The smallest absolute Gasteiger partial charge is 0.411 e. The lowest BCUT2D eigenvalue weighted by Gasteiger charge is -2.26. The van der Waals surface area contributed by atoms with Crippen LogP contribution in [-0.2, 0) is 4.74 Å². The van der Waals surface area contributed by atoms with Gasteiger partial charge in [0.2, 0.25) is 11.8 Å². The summed E-state index contributed by atoms with van der Waals surface area (Å²) in [5.41, 5.74) is 4.44. The van der Waals surface area contributed by atoms with Gasteiger partial charge >= 0.3 is 6.09 Å². The van der Waals surface area contributed by atoms with E-state index in [2.05, 4.69) is 20.3 Å². The largest absolute Gasteiger partial charge is 0.484 e. The van der Waals surface area contributed by atoms with E-state index in [9.17, 15) is 9.18 Å². The van der Waals surface area contributed by atoms with Crippen molar-refractivity contribution in [3.8, 4) is 28.0 Å². The second kappa shape index (κ2) is 9.71. The van der Waals surface area contributed by atoms with Gasteiger partial charge < -0.3 is 18.9 Å². The highest BCUT2D eigenvalue weighted by Gasteiger charge is 2.26. The molecule has 1 aliphatic rings. The van der Waals surface area contributed by atoms with Crippen LogP contribution in [0.4, 0.5) is 14.9 Å². The number of anilines is 1. The first-order chi connectivity index (χ1) is 18.5. The monoisotopic (exact) mass is 533 g/mol. The second-order valence-electron chi connectivity index (χ2n) is 8.50. The van der Waals surface area contributed by atoms with Crippen molar-refractivity contribution < 1.29 is 28.1 Å². The first-order valence-electron chi connectivity index (χ1n) is 11.6. The standard InChI is InChI=1S/C26H20FN5O5S/c1-13-7-16(22-18(8-13)31-21(34-2)10-29-22)25-32-17-4-5-19-23(24(17)38-25)35-11-15(37-19)12-36-26(33)30-14-3-6-20(27)28-9-14/h3-10,15H,11-12H2,1-2H3,(H,30,33)/t15-/m1/s1. The quantitative estimate of drug-likeness (QED) is 0.306. The number of ether oxygens (including phenoxy) is 4. The third-order valence-electron chi connectivity index (χ3n) is 5.77. The Morgan fingerprint density at radius 3 is 2.87 bits per heavy atom. The molecule has 1 amide bonds. The maximum atomic E-state index is 12.9. The number of nitrogens with one attached hydrogen (secondary N) is 1. The molecule has 0 fully saturated rings. The molecular weight excluding hydrogens is 513 g/mol. The van der Waals surface area contributed by atoms with E-state index in [-0.39, 0.29) is 13.2 Å². The molecule has 2 aromatic carbocycles. The van der Waals surface area contributed by atoms with Gasteiger partial charge in [-0.1, -0.05) is 0 Å². The lowest BCUT2D eigenvalue weighted by molar-refractivity contribution is 0.0383. The summed E-state index contributed by atoms with van der Waals surface area (Å²) in [4.78, 5) is 29.5. The molecule has 38 heavy (non-hydrogen) atoms. The molecule has 1 aliphatic heterocycles. The van der Waals surface area contributed by atoms with E-state index in [4.69, 9.17) is 23.9 Å². The van der Waals surface area contributed by atoms with Crippen molar-refractivity contribution in [1.29, 1.82) is 0 Å². The average molecular weight is 534 g/mol. The molecule has 1 atom stereocenters. The highest BCUT2D eigenvalue weighted by atomic mass is 32.1. The summed E-state index contributed by atoms with van der Waals surface area (Å²) in [6.07, 6.45) is 1.58. The Bertz CT molecular complexity index is 1680. The molecule has 0 radical (unpaired) electrons. The number of hydrogen-bond donors (Lipinski definition) is 1. The van der Waals surface area contributed by atoms with Gasteiger partial charge in [0.25, 0.3) is 0 Å². The summed E-state index contributed by atoms with van der Waals surface area (Å²) >= 11 is 1.48. The van der Waals surface area contributed by atoms with Crippen molar-refractivity contribution in [2.24, 2.45) is 0 Å². The zero-order valence-electron chi connectivity index (χ0n) is 20.2. The highest BCUT2D eigenvalue weighted by molar-refractivity contribution is 7.22. The number of amides is 1. The van der Waals surface area contributed by atoms with Gasteiger partial charge in [-0.2, -0.15) is 4.39 Å². The molecule has 0 bridgehead atoms. The van der Waals surface area contributed by atoms with Crippen LogP contribution in [0.2, 0.25) is 0 Å². The zero-order valence-corrected chi connectivity index (χ0v) is 21.0. The summed E-state index contributed by atoms with van der Waals surface area (Å²) in [5, 5.41) is 3.26. The number of aromatic nitrogens is 4. The lowest BCUT2D eigenvalue weighted by atomic mass is 10.1. The van der Waals surface area contributed by atoms with Crippen LogP contribution in [0.25, 0.3) is 31.8 Å². The number of pyridine rings is 1. The number of halogens is 1. The predicted octanol–water partition coefficient (Wildman–Crippen LogP) is 5.15. The molecule has 3 aromatic heterocycles. The summed E-state index contributed by atoms with van der Waals surface area (Å²) in [6.45, 7) is 2.14. The normalized spacial score (nSPS) is 14.4. The fraction of sp³-hybridized carbons (Fsp3) is 0.192. The van der Waals surface area contributed by atoms with Crippen LogP contribution in [-0.4, -0.2) is 52.5 Å². The second-order valence-corrected chi connectivity index (χ2v) is 9.50. The topological polar surface area (TPSA) is 118 Å². The molecule has 192 valence electrons. The van der Waals surface area contributed by atoms with E-state index in [1.165, 1.54) is 23.6 Å². The summed E-state index contributed by atoms with van der Waals surface area (Å²) in [6, 6.07) is 10.2. The number of aryl methyl sites for hydroxylation is 1. The Morgan fingerprint density at radius 1 is 1.16 bits per heavy atom. The molecule has 0 spiro atoms. The Kier molecular flexibility index (Phi) is 6.08. The first kappa shape index (κ1) is 23.8. The minimum atomic E-state index is -0.707. The number of thiazole rings is 1. The number of methoxy groups -OCH3 is 1. The first-order valence-corrected chi connectivity index (χ1v) is 12.4. The van der Waals surface area contributed by atoms with Gasteiger partial charge in [0.15, 0.2) is 17.6 Å². The molecular formula is C26H20FN5O5S. The Morgan fingerprint density at radius 2 is 2.05 bits per heavy atom. The van der Waals surface area contributed by atoms with Gasteiger partial charge in [-0.15, -0.1) is 11.3 Å². The highest BCUT2D eigenvalue weighted by Crippen LogP contribution is 2.44. The molecule has 5 aromatic rings. The van der Waals surface area contributed by atoms with E-state index in [0.29, 0.717) is 23.1 Å². The number of carbonyl (C=O) groups is 1. The summed E-state index contributed by atoms with van der Waals surface area (Å²) < 4.78 is 36.3. The predicted molar refractivity (Wildman–Crippen MR) is 139 cm³/mol. The van der Waals surface area contributed by atoms with E-state index in [1.54, 1.807) is 19.4 Å². The van der Waals surface area contributed by atoms with Crippen LogP contribution in [0.5, 0.6) is 17.4 Å². The maximum absolute atomic E-state index is 12.9. The van der Waals surface area contributed by atoms with Gasteiger partial charge in [-0.05, 0) is 48.9 Å². The Balaban J connectivity index is 1.21. The maximum Gasteiger partial charge on any atom is 0.411 e. The molecule has 10 nitrogen and oxygen atoms in total. The Hall–Kier alpha value is -4.58. The number of rotatable bonds is 5. The van der Waals surface area contributed by atoms with Crippen LogP contribution in [0.1, 0.15) is 5.56 Å². The van der Waals surface area contributed by atoms with Crippen molar-refractivity contribution in [2.45, 2.75) is 13.0 Å². The van der Waals surface area contributed by atoms with Crippen LogP contribution in [0, 0.1) is 12.9 Å². The van der Waals surface area contributed by atoms with E-state index in [1.807, 2.05) is 25.1 Å². The minimum absolute atomic E-state index is 0.0384.